The Labute approximate surface area is 166 Å². The number of para-hydroxylation sites is 1. The number of aromatic nitrogens is 1. The summed E-state index contributed by atoms with van der Waals surface area (Å²) in [5.41, 5.74) is 1.54. The molecule has 4 rings (SSSR count). The van der Waals surface area contributed by atoms with Crippen LogP contribution in [0.25, 0.3) is 10.9 Å². The highest BCUT2D eigenvalue weighted by atomic mass is 79.9. The summed E-state index contributed by atoms with van der Waals surface area (Å²) in [4.78, 5) is 4.23. The molecule has 1 aliphatic rings. The molecule has 1 aliphatic heterocycles. The van der Waals surface area contributed by atoms with Crippen LogP contribution in [0.3, 0.4) is 0 Å². The van der Waals surface area contributed by atoms with Crippen molar-refractivity contribution < 1.29 is 22.0 Å². The van der Waals surface area contributed by atoms with Crippen LogP contribution in [0.15, 0.2) is 40.9 Å². The molecule has 2 unspecified atom stereocenters. The van der Waals surface area contributed by atoms with Gasteiger partial charge in [0, 0.05) is 28.2 Å². The van der Waals surface area contributed by atoms with Crippen molar-refractivity contribution in [2.45, 2.75) is 31.6 Å². The summed E-state index contributed by atoms with van der Waals surface area (Å²) < 4.78 is 69.6. The summed E-state index contributed by atoms with van der Waals surface area (Å²) in [7, 11) is 0. The molecule has 0 bridgehead atoms. The molecule has 148 valence electrons. The second-order valence-electron chi connectivity index (χ2n) is 7.06. The maximum atomic E-state index is 14.9. The van der Waals surface area contributed by atoms with E-state index in [1.807, 2.05) is 12.1 Å². The van der Waals surface area contributed by atoms with Gasteiger partial charge in [0.15, 0.2) is 0 Å². The van der Waals surface area contributed by atoms with Crippen molar-refractivity contribution in [3.8, 4) is 0 Å². The van der Waals surface area contributed by atoms with Gasteiger partial charge in [0.25, 0.3) is 0 Å². The van der Waals surface area contributed by atoms with Gasteiger partial charge < -0.3 is 4.98 Å². The van der Waals surface area contributed by atoms with E-state index in [1.165, 1.54) is 6.07 Å². The number of fused-ring (bicyclic) bond motifs is 3. The molecule has 0 saturated heterocycles. The number of rotatable bonds is 2. The Balaban J connectivity index is 1.99. The van der Waals surface area contributed by atoms with Crippen LogP contribution in [0.4, 0.5) is 22.0 Å². The second kappa shape index (κ2) is 6.84. The Morgan fingerprint density at radius 2 is 1.86 bits per heavy atom. The van der Waals surface area contributed by atoms with Gasteiger partial charge in [-0.1, -0.05) is 18.2 Å². The van der Waals surface area contributed by atoms with Crippen molar-refractivity contribution >= 4 is 26.8 Å². The topological polar surface area (TPSA) is 19.0 Å². The van der Waals surface area contributed by atoms with E-state index in [0.29, 0.717) is 12.1 Å². The van der Waals surface area contributed by atoms with Crippen molar-refractivity contribution in [3.63, 3.8) is 0 Å². The van der Waals surface area contributed by atoms with E-state index in [0.717, 1.165) is 27.4 Å². The number of halogens is 6. The summed E-state index contributed by atoms with van der Waals surface area (Å²) >= 11 is 3.03. The predicted octanol–water partition coefficient (Wildman–Crippen LogP) is 6.11. The minimum Gasteiger partial charge on any atom is -0.357 e. The second-order valence-corrected chi connectivity index (χ2v) is 7.92. The maximum absolute atomic E-state index is 14.9. The van der Waals surface area contributed by atoms with E-state index in [1.54, 1.807) is 19.1 Å². The van der Waals surface area contributed by atoms with Crippen LogP contribution in [-0.4, -0.2) is 28.6 Å². The van der Waals surface area contributed by atoms with Crippen LogP contribution in [0, 0.1) is 11.6 Å². The zero-order valence-electron chi connectivity index (χ0n) is 14.7. The number of aromatic amines is 1. The third-order valence-corrected chi connectivity index (χ3v) is 5.84. The fourth-order valence-corrected chi connectivity index (χ4v) is 4.41. The standard InChI is InChI=1S/C20H16BrF5N2/c1-10-8-12-11-4-2-3-5-15(11)27-18(12)19(28(10)9-20(24,25)26)16-14(22)7-6-13(21)17(16)23/h2-7,10,19,27H,8-9H2,1H3. The number of H-pyrrole nitrogens is 1. The van der Waals surface area contributed by atoms with Crippen molar-refractivity contribution in [3.05, 3.63) is 69.3 Å². The van der Waals surface area contributed by atoms with Crippen LogP contribution in [0.2, 0.25) is 0 Å². The van der Waals surface area contributed by atoms with E-state index < -0.39 is 42.0 Å². The highest BCUT2D eigenvalue weighted by molar-refractivity contribution is 9.10. The minimum atomic E-state index is -4.50. The molecule has 0 spiro atoms. The monoisotopic (exact) mass is 458 g/mol. The lowest BCUT2D eigenvalue weighted by Gasteiger charge is -2.41. The highest BCUT2D eigenvalue weighted by Crippen LogP contribution is 2.44. The van der Waals surface area contributed by atoms with Gasteiger partial charge in [0.05, 0.1) is 17.1 Å². The summed E-state index contributed by atoms with van der Waals surface area (Å²) in [6, 6.07) is 7.80. The largest absolute Gasteiger partial charge is 0.401 e. The van der Waals surface area contributed by atoms with Crippen LogP contribution in [-0.2, 0) is 6.42 Å². The van der Waals surface area contributed by atoms with Crippen molar-refractivity contribution in [2.24, 2.45) is 0 Å². The number of alkyl halides is 3. The Hall–Kier alpha value is -1.93. The molecule has 0 radical (unpaired) electrons. The summed E-state index contributed by atoms with van der Waals surface area (Å²) in [5.74, 6) is -1.77. The van der Waals surface area contributed by atoms with Crippen LogP contribution < -0.4 is 0 Å². The molecule has 0 saturated carbocycles. The SMILES string of the molecule is CC1Cc2c([nH]c3ccccc23)C(c2c(F)ccc(Br)c2F)N1CC(F)(F)F. The van der Waals surface area contributed by atoms with Gasteiger partial charge in [-0.15, -0.1) is 0 Å². The van der Waals surface area contributed by atoms with Crippen molar-refractivity contribution in [1.29, 1.82) is 0 Å². The van der Waals surface area contributed by atoms with E-state index in [2.05, 4.69) is 20.9 Å². The number of nitrogens with one attached hydrogen (secondary N) is 1. The van der Waals surface area contributed by atoms with Gasteiger partial charge in [0.1, 0.15) is 11.6 Å². The average molecular weight is 459 g/mol. The molecule has 2 nitrogen and oxygen atoms in total. The van der Waals surface area contributed by atoms with Crippen LogP contribution in [0.5, 0.6) is 0 Å². The van der Waals surface area contributed by atoms with Gasteiger partial charge >= 0.3 is 6.18 Å². The first-order valence-electron chi connectivity index (χ1n) is 8.72. The Kier molecular flexibility index (Phi) is 4.74. The third kappa shape index (κ3) is 3.22. The first kappa shape index (κ1) is 19.4. The van der Waals surface area contributed by atoms with Gasteiger partial charge in [0.2, 0.25) is 0 Å². The van der Waals surface area contributed by atoms with E-state index in [-0.39, 0.29) is 4.47 Å². The van der Waals surface area contributed by atoms with Gasteiger partial charge in [-0.3, -0.25) is 4.90 Å². The highest BCUT2D eigenvalue weighted by Gasteiger charge is 2.43. The van der Waals surface area contributed by atoms with E-state index in [4.69, 9.17) is 0 Å². The Bertz CT molecular complexity index is 1040. The Morgan fingerprint density at radius 1 is 1.14 bits per heavy atom. The van der Waals surface area contributed by atoms with Gasteiger partial charge in [-0.2, -0.15) is 13.2 Å². The molecule has 3 aromatic rings. The van der Waals surface area contributed by atoms with E-state index in [9.17, 15) is 22.0 Å². The van der Waals surface area contributed by atoms with Crippen LogP contribution >= 0.6 is 15.9 Å². The summed E-state index contributed by atoms with van der Waals surface area (Å²) in [5, 5.41) is 0.858. The molecule has 2 atom stereocenters. The number of hydrogen-bond donors (Lipinski definition) is 1. The molecule has 0 fully saturated rings. The molecule has 2 aromatic carbocycles. The van der Waals surface area contributed by atoms with E-state index >= 15 is 0 Å². The van der Waals surface area contributed by atoms with Crippen LogP contribution in [0.1, 0.15) is 29.8 Å². The lowest BCUT2D eigenvalue weighted by atomic mass is 9.88. The third-order valence-electron chi connectivity index (χ3n) is 5.23. The normalized spacial score (nSPS) is 20.5. The fourth-order valence-electron chi connectivity index (χ4n) is 4.06. The molecule has 28 heavy (non-hydrogen) atoms. The quantitative estimate of drug-likeness (QED) is 0.362. The van der Waals surface area contributed by atoms with Crippen molar-refractivity contribution in [2.75, 3.05) is 6.54 Å². The molecule has 0 aliphatic carbocycles. The van der Waals surface area contributed by atoms with Gasteiger partial charge in [-0.25, -0.2) is 8.78 Å². The summed E-state index contributed by atoms with van der Waals surface area (Å²) in [6.07, 6.45) is -4.15. The number of nitrogens with zero attached hydrogens (tertiary/aromatic N) is 1. The smallest absolute Gasteiger partial charge is 0.357 e. The molecule has 1 N–H and O–H groups in total. The molecule has 0 amide bonds. The first-order valence-corrected chi connectivity index (χ1v) is 9.52. The molecular formula is C20H16BrF5N2. The predicted molar refractivity (Wildman–Crippen MR) is 100 cm³/mol. The molecule has 1 aromatic heterocycles. The van der Waals surface area contributed by atoms with Gasteiger partial charge in [-0.05, 0) is 53.0 Å². The van der Waals surface area contributed by atoms with Crippen molar-refractivity contribution in [1.82, 2.24) is 9.88 Å². The molecule has 8 heteroatoms. The summed E-state index contributed by atoms with van der Waals surface area (Å²) in [6.45, 7) is 0.385. The number of hydrogen-bond acceptors (Lipinski definition) is 1. The minimum absolute atomic E-state index is 0.00625. The lowest BCUT2D eigenvalue weighted by Crippen LogP contribution is -2.47. The zero-order valence-corrected chi connectivity index (χ0v) is 16.3. The maximum Gasteiger partial charge on any atom is 0.401 e. The lowest BCUT2D eigenvalue weighted by molar-refractivity contribution is -0.155. The fraction of sp³-hybridized carbons (Fsp3) is 0.300. The first-order chi connectivity index (χ1) is 13.2. The average Bonchev–Trinajstić information content (AvgIpc) is 2.98. The Morgan fingerprint density at radius 3 is 2.57 bits per heavy atom. The molecular weight excluding hydrogens is 443 g/mol. The number of benzene rings is 2. The zero-order chi connectivity index (χ0) is 20.2. The molecule has 2 heterocycles.